The minimum atomic E-state index is -0.192. The quantitative estimate of drug-likeness (QED) is 0.741. The summed E-state index contributed by atoms with van der Waals surface area (Å²) >= 11 is 0. The Kier molecular flexibility index (Phi) is 6.83. The van der Waals surface area contributed by atoms with Gasteiger partial charge in [-0.3, -0.25) is 14.5 Å². The zero-order chi connectivity index (χ0) is 19.2. The van der Waals surface area contributed by atoms with Crippen molar-refractivity contribution < 1.29 is 18.7 Å². The molecule has 1 aromatic carbocycles. The topological polar surface area (TPSA) is 49.9 Å². The SMILES string of the molecule is COC(=O)C1CCN(C(=O)CN2CCC(Cc3ccc(F)cc3)CC2)CC1. The van der Waals surface area contributed by atoms with E-state index in [-0.39, 0.29) is 23.6 Å². The highest BCUT2D eigenvalue weighted by Crippen LogP contribution is 2.23. The van der Waals surface area contributed by atoms with E-state index in [4.69, 9.17) is 4.74 Å². The number of piperidine rings is 2. The maximum absolute atomic E-state index is 13.0. The molecule has 2 saturated heterocycles. The first-order chi connectivity index (χ1) is 13.0. The molecule has 0 bridgehead atoms. The molecule has 0 spiro atoms. The van der Waals surface area contributed by atoms with E-state index in [1.807, 2.05) is 17.0 Å². The van der Waals surface area contributed by atoms with Crippen molar-refractivity contribution >= 4 is 11.9 Å². The monoisotopic (exact) mass is 376 g/mol. The normalized spacial score (nSPS) is 19.9. The van der Waals surface area contributed by atoms with Crippen LogP contribution in [-0.2, 0) is 20.7 Å². The third kappa shape index (κ3) is 5.51. The van der Waals surface area contributed by atoms with Crippen LogP contribution in [0.15, 0.2) is 24.3 Å². The maximum Gasteiger partial charge on any atom is 0.308 e. The lowest BCUT2D eigenvalue weighted by Gasteiger charge is -2.35. The van der Waals surface area contributed by atoms with E-state index in [0.29, 0.717) is 38.4 Å². The van der Waals surface area contributed by atoms with E-state index in [1.165, 1.54) is 24.8 Å². The summed E-state index contributed by atoms with van der Waals surface area (Å²) in [5.41, 5.74) is 1.18. The second kappa shape index (κ2) is 9.31. The number of rotatable bonds is 5. The molecule has 0 aromatic heterocycles. The van der Waals surface area contributed by atoms with E-state index in [0.717, 1.165) is 32.4 Å². The Morgan fingerprint density at radius 3 is 2.26 bits per heavy atom. The lowest BCUT2D eigenvalue weighted by Crippen LogP contribution is -2.47. The van der Waals surface area contributed by atoms with Gasteiger partial charge in [-0.1, -0.05) is 12.1 Å². The summed E-state index contributed by atoms with van der Waals surface area (Å²) < 4.78 is 17.8. The highest BCUT2D eigenvalue weighted by Gasteiger charge is 2.29. The minimum absolute atomic E-state index is 0.0683. The third-order valence-corrected chi connectivity index (χ3v) is 5.89. The number of methoxy groups -OCH3 is 1. The molecule has 27 heavy (non-hydrogen) atoms. The van der Waals surface area contributed by atoms with E-state index >= 15 is 0 Å². The number of carbonyl (C=O) groups is 2. The van der Waals surface area contributed by atoms with Gasteiger partial charge in [-0.05, 0) is 68.8 Å². The average molecular weight is 376 g/mol. The summed E-state index contributed by atoms with van der Waals surface area (Å²) in [5.74, 6) is 0.335. The molecule has 2 aliphatic heterocycles. The van der Waals surface area contributed by atoms with Gasteiger partial charge in [-0.25, -0.2) is 4.39 Å². The molecule has 0 N–H and O–H groups in total. The van der Waals surface area contributed by atoms with Crippen LogP contribution in [0.25, 0.3) is 0 Å². The average Bonchev–Trinajstić information content (AvgIpc) is 2.70. The Labute approximate surface area is 160 Å². The van der Waals surface area contributed by atoms with Crippen LogP contribution in [0.2, 0.25) is 0 Å². The van der Waals surface area contributed by atoms with Gasteiger partial charge in [0.25, 0.3) is 0 Å². The third-order valence-electron chi connectivity index (χ3n) is 5.89. The van der Waals surface area contributed by atoms with Crippen LogP contribution in [0.3, 0.4) is 0 Å². The first-order valence-corrected chi connectivity index (χ1v) is 9.87. The van der Waals surface area contributed by atoms with Gasteiger partial charge in [-0.15, -0.1) is 0 Å². The molecule has 2 aliphatic rings. The Balaban J connectivity index is 1.38. The molecular weight excluding hydrogens is 347 g/mol. The predicted octanol–water partition coefficient (Wildman–Crippen LogP) is 2.49. The van der Waals surface area contributed by atoms with Gasteiger partial charge in [0.15, 0.2) is 0 Å². The van der Waals surface area contributed by atoms with Crippen molar-refractivity contribution in [3.05, 3.63) is 35.6 Å². The molecule has 0 radical (unpaired) electrons. The van der Waals surface area contributed by atoms with Crippen LogP contribution in [0.5, 0.6) is 0 Å². The molecule has 0 atom stereocenters. The number of esters is 1. The number of likely N-dealkylation sites (tertiary alicyclic amines) is 2. The lowest BCUT2D eigenvalue weighted by molar-refractivity contribution is -0.149. The number of amides is 1. The molecule has 0 unspecified atom stereocenters. The number of halogens is 1. The Morgan fingerprint density at radius 2 is 1.67 bits per heavy atom. The summed E-state index contributed by atoms with van der Waals surface area (Å²) in [5, 5.41) is 0. The molecule has 3 rings (SSSR count). The summed E-state index contributed by atoms with van der Waals surface area (Å²) in [6.07, 6.45) is 4.49. The summed E-state index contributed by atoms with van der Waals surface area (Å²) in [6, 6.07) is 6.77. The Hall–Kier alpha value is -1.95. The molecule has 0 saturated carbocycles. The van der Waals surface area contributed by atoms with Gasteiger partial charge >= 0.3 is 5.97 Å². The van der Waals surface area contributed by atoms with Crippen LogP contribution >= 0.6 is 0 Å². The second-order valence-electron chi connectivity index (χ2n) is 7.73. The molecule has 6 heteroatoms. The zero-order valence-electron chi connectivity index (χ0n) is 16.0. The van der Waals surface area contributed by atoms with Crippen molar-refractivity contribution in [2.75, 3.05) is 39.8 Å². The fourth-order valence-corrected chi connectivity index (χ4v) is 4.13. The van der Waals surface area contributed by atoms with E-state index < -0.39 is 0 Å². The second-order valence-corrected chi connectivity index (χ2v) is 7.73. The van der Waals surface area contributed by atoms with Crippen LogP contribution in [0, 0.1) is 17.7 Å². The van der Waals surface area contributed by atoms with Gasteiger partial charge in [0, 0.05) is 13.1 Å². The molecule has 2 heterocycles. The van der Waals surface area contributed by atoms with Crippen molar-refractivity contribution in [2.24, 2.45) is 11.8 Å². The Morgan fingerprint density at radius 1 is 1.04 bits per heavy atom. The van der Waals surface area contributed by atoms with Gasteiger partial charge in [0.2, 0.25) is 5.91 Å². The standard InChI is InChI=1S/C21H29FN2O3/c1-27-21(26)18-8-12-24(13-9-18)20(25)15-23-10-6-17(7-11-23)14-16-2-4-19(22)5-3-16/h2-5,17-18H,6-15H2,1H3. The number of hydrogen-bond donors (Lipinski definition) is 0. The predicted molar refractivity (Wildman–Crippen MR) is 101 cm³/mol. The number of nitrogens with zero attached hydrogens (tertiary/aromatic N) is 2. The van der Waals surface area contributed by atoms with Crippen molar-refractivity contribution in [2.45, 2.75) is 32.1 Å². The maximum atomic E-state index is 13.0. The molecule has 5 nitrogen and oxygen atoms in total. The summed E-state index contributed by atoms with van der Waals surface area (Å²) in [4.78, 5) is 28.2. The van der Waals surface area contributed by atoms with Crippen molar-refractivity contribution in [1.82, 2.24) is 9.80 Å². The van der Waals surface area contributed by atoms with Crippen molar-refractivity contribution in [3.8, 4) is 0 Å². The number of carbonyl (C=O) groups excluding carboxylic acids is 2. The van der Waals surface area contributed by atoms with Gasteiger partial charge < -0.3 is 9.64 Å². The molecule has 0 aliphatic carbocycles. The van der Waals surface area contributed by atoms with Gasteiger partial charge in [0.05, 0.1) is 19.6 Å². The highest BCUT2D eigenvalue weighted by atomic mass is 19.1. The zero-order valence-corrected chi connectivity index (χ0v) is 16.0. The minimum Gasteiger partial charge on any atom is -0.469 e. The van der Waals surface area contributed by atoms with Gasteiger partial charge in [0.1, 0.15) is 5.82 Å². The van der Waals surface area contributed by atoms with E-state index in [1.54, 1.807) is 0 Å². The first-order valence-electron chi connectivity index (χ1n) is 9.87. The molecule has 148 valence electrons. The van der Waals surface area contributed by atoms with E-state index in [9.17, 15) is 14.0 Å². The molecule has 1 amide bonds. The molecule has 1 aromatic rings. The van der Waals surface area contributed by atoms with Crippen LogP contribution in [0.1, 0.15) is 31.2 Å². The lowest BCUT2D eigenvalue weighted by atomic mass is 9.90. The van der Waals surface area contributed by atoms with Crippen LogP contribution in [-0.4, -0.2) is 61.5 Å². The Bertz CT molecular complexity index is 633. The number of hydrogen-bond acceptors (Lipinski definition) is 4. The van der Waals surface area contributed by atoms with E-state index in [2.05, 4.69) is 4.90 Å². The van der Waals surface area contributed by atoms with Crippen LogP contribution in [0.4, 0.5) is 4.39 Å². The van der Waals surface area contributed by atoms with Gasteiger partial charge in [-0.2, -0.15) is 0 Å². The fraction of sp³-hybridized carbons (Fsp3) is 0.619. The van der Waals surface area contributed by atoms with Crippen molar-refractivity contribution in [1.29, 1.82) is 0 Å². The molecule has 2 fully saturated rings. The summed E-state index contributed by atoms with van der Waals surface area (Å²) in [6.45, 7) is 3.60. The highest BCUT2D eigenvalue weighted by molar-refractivity contribution is 5.79. The van der Waals surface area contributed by atoms with Crippen LogP contribution < -0.4 is 0 Å². The number of ether oxygens (including phenoxy) is 1. The number of benzene rings is 1. The largest absolute Gasteiger partial charge is 0.469 e. The first kappa shape index (κ1) is 19.8. The molecular formula is C21H29FN2O3. The van der Waals surface area contributed by atoms with Crippen molar-refractivity contribution in [3.63, 3.8) is 0 Å². The smallest absolute Gasteiger partial charge is 0.308 e. The summed E-state index contributed by atoms with van der Waals surface area (Å²) in [7, 11) is 1.42. The fourth-order valence-electron chi connectivity index (χ4n) is 4.13.